The Kier molecular flexibility index (Phi) is 5.48. The third-order valence-electron chi connectivity index (χ3n) is 3.75. The lowest BCUT2D eigenvalue weighted by Gasteiger charge is -2.37. The monoisotopic (exact) mass is 264 g/mol. The van der Waals surface area contributed by atoms with Crippen LogP contribution in [0.15, 0.2) is 24.3 Å². The fourth-order valence-electron chi connectivity index (χ4n) is 2.39. The second-order valence-electron chi connectivity index (χ2n) is 5.08. The molecule has 0 unspecified atom stereocenters. The maximum Gasteiger partial charge on any atom is 0.142 e. The van der Waals surface area contributed by atoms with Gasteiger partial charge in [0.2, 0.25) is 0 Å². The van der Waals surface area contributed by atoms with E-state index < -0.39 is 0 Å². The number of hydrogen-bond donors (Lipinski definition) is 2. The summed E-state index contributed by atoms with van der Waals surface area (Å²) in [6, 6.07) is 8.27. The van der Waals surface area contributed by atoms with E-state index in [2.05, 4.69) is 4.90 Å². The number of aliphatic hydroxyl groups excluding tert-OH is 1. The Labute approximate surface area is 115 Å². The van der Waals surface area contributed by atoms with E-state index in [1.165, 1.54) is 19.3 Å². The molecule has 1 aromatic rings. The summed E-state index contributed by atoms with van der Waals surface area (Å²) in [5.74, 6) is 0.762. The largest absolute Gasteiger partial charge is 0.490 e. The molecule has 0 saturated heterocycles. The molecule has 0 bridgehead atoms. The third-order valence-corrected chi connectivity index (χ3v) is 3.75. The molecule has 4 nitrogen and oxygen atoms in total. The molecule has 0 radical (unpaired) electrons. The number of rotatable bonds is 8. The van der Waals surface area contributed by atoms with Crippen LogP contribution >= 0.6 is 0 Å². The van der Waals surface area contributed by atoms with Crippen molar-refractivity contribution < 1.29 is 9.84 Å². The molecule has 0 spiro atoms. The zero-order valence-corrected chi connectivity index (χ0v) is 11.4. The van der Waals surface area contributed by atoms with Crippen LogP contribution < -0.4 is 10.5 Å². The first kappa shape index (κ1) is 14.2. The Morgan fingerprint density at radius 2 is 2.05 bits per heavy atom. The Morgan fingerprint density at radius 1 is 1.26 bits per heavy atom. The van der Waals surface area contributed by atoms with Crippen LogP contribution in [-0.2, 0) is 0 Å². The Balaban J connectivity index is 1.76. The molecule has 1 aromatic carbocycles. The molecule has 19 heavy (non-hydrogen) atoms. The van der Waals surface area contributed by atoms with Crippen LogP contribution in [0.25, 0.3) is 0 Å². The highest BCUT2D eigenvalue weighted by Gasteiger charge is 2.24. The van der Waals surface area contributed by atoms with Gasteiger partial charge in [0.15, 0.2) is 0 Å². The molecule has 106 valence electrons. The smallest absolute Gasteiger partial charge is 0.142 e. The molecule has 0 amide bonds. The predicted molar refractivity (Wildman–Crippen MR) is 77.3 cm³/mol. The summed E-state index contributed by atoms with van der Waals surface area (Å²) in [4.78, 5) is 2.43. The number of nitrogen functional groups attached to an aromatic ring is 1. The molecule has 3 N–H and O–H groups in total. The fraction of sp³-hybridized carbons (Fsp3) is 0.600. The van der Waals surface area contributed by atoms with Crippen molar-refractivity contribution in [3.63, 3.8) is 0 Å². The summed E-state index contributed by atoms with van der Waals surface area (Å²) in [5, 5.41) is 8.95. The number of hydrogen-bond acceptors (Lipinski definition) is 4. The van der Waals surface area contributed by atoms with E-state index in [0.717, 1.165) is 25.3 Å². The van der Waals surface area contributed by atoms with Gasteiger partial charge in [0.25, 0.3) is 0 Å². The summed E-state index contributed by atoms with van der Waals surface area (Å²) in [6.07, 6.45) is 4.72. The van der Waals surface area contributed by atoms with Gasteiger partial charge in [-0.1, -0.05) is 18.6 Å². The first-order valence-corrected chi connectivity index (χ1v) is 7.13. The molecule has 0 atom stereocenters. The van der Waals surface area contributed by atoms with Gasteiger partial charge in [-0.2, -0.15) is 0 Å². The van der Waals surface area contributed by atoms with Gasteiger partial charge >= 0.3 is 0 Å². The summed E-state index contributed by atoms with van der Waals surface area (Å²) < 4.78 is 5.74. The van der Waals surface area contributed by atoms with Crippen molar-refractivity contribution in [1.29, 1.82) is 0 Å². The molecule has 1 aliphatic carbocycles. The van der Waals surface area contributed by atoms with Crippen molar-refractivity contribution in [3.05, 3.63) is 24.3 Å². The third kappa shape index (κ3) is 4.11. The number of benzene rings is 1. The summed E-state index contributed by atoms with van der Waals surface area (Å²) >= 11 is 0. The fourth-order valence-corrected chi connectivity index (χ4v) is 2.39. The van der Waals surface area contributed by atoms with E-state index >= 15 is 0 Å². The van der Waals surface area contributed by atoms with Gasteiger partial charge < -0.3 is 15.6 Å². The maximum atomic E-state index is 8.95. The first-order valence-electron chi connectivity index (χ1n) is 7.13. The van der Waals surface area contributed by atoms with Crippen molar-refractivity contribution in [3.8, 4) is 5.75 Å². The maximum absolute atomic E-state index is 8.95. The van der Waals surface area contributed by atoms with Gasteiger partial charge in [-0.05, 0) is 31.4 Å². The van der Waals surface area contributed by atoms with Crippen molar-refractivity contribution in [1.82, 2.24) is 4.90 Å². The topological polar surface area (TPSA) is 58.7 Å². The van der Waals surface area contributed by atoms with E-state index in [9.17, 15) is 0 Å². The molecule has 0 aliphatic heterocycles. The molecule has 1 aliphatic rings. The van der Waals surface area contributed by atoms with E-state index in [-0.39, 0.29) is 6.61 Å². The second kappa shape index (κ2) is 7.36. The molecule has 2 rings (SSSR count). The molecule has 4 heteroatoms. The normalized spacial score (nSPS) is 15.5. The lowest BCUT2D eigenvalue weighted by atomic mass is 9.91. The van der Waals surface area contributed by atoms with Gasteiger partial charge in [0.1, 0.15) is 12.4 Å². The summed E-state index contributed by atoms with van der Waals surface area (Å²) in [5.41, 5.74) is 6.53. The summed E-state index contributed by atoms with van der Waals surface area (Å²) in [7, 11) is 0. The molecular weight excluding hydrogens is 240 g/mol. The molecule has 0 heterocycles. The van der Waals surface area contributed by atoms with Crippen molar-refractivity contribution in [2.24, 2.45) is 0 Å². The molecule has 1 saturated carbocycles. The molecular formula is C15H24N2O2. The number of ether oxygens (including phenoxy) is 1. The van der Waals surface area contributed by atoms with Crippen molar-refractivity contribution in [2.75, 3.05) is 32.0 Å². The molecule has 1 fully saturated rings. The van der Waals surface area contributed by atoms with Gasteiger partial charge in [-0.3, -0.25) is 4.90 Å². The highest BCUT2D eigenvalue weighted by molar-refractivity contribution is 5.51. The highest BCUT2D eigenvalue weighted by atomic mass is 16.5. The lowest BCUT2D eigenvalue weighted by molar-refractivity contribution is 0.0986. The first-order chi connectivity index (χ1) is 9.31. The van der Waals surface area contributed by atoms with Crippen LogP contribution in [0, 0.1) is 0 Å². The predicted octanol–water partition coefficient (Wildman–Crippen LogP) is 1.88. The standard InChI is InChI=1S/C15H24N2O2/c16-14-7-1-2-8-15(14)19-12-10-17(9-4-11-18)13-5-3-6-13/h1-2,7-8,13,18H,3-6,9-12,16H2. The second-order valence-corrected chi connectivity index (χ2v) is 5.08. The highest BCUT2D eigenvalue weighted by Crippen LogP contribution is 2.25. The van der Waals surface area contributed by atoms with E-state index in [4.69, 9.17) is 15.6 Å². The van der Waals surface area contributed by atoms with Gasteiger partial charge in [0, 0.05) is 25.7 Å². The van der Waals surface area contributed by atoms with Crippen LogP contribution in [0.1, 0.15) is 25.7 Å². The number of anilines is 1. The van der Waals surface area contributed by atoms with E-state index in [1.807, 2.05) is 24.3 Å². The van der Waals surface area contributed by atoms with Crippen LogP contribution in [0.4, 0.5) is 5.69 Å². The van der Waals surface area contributed by atoms with Gasteiger partial charge in [0.05, 0.1) is 5.69 Å². The minimum absolute atomic E-state index is 0.260. The Bertz CT molecular complexity index is 380. The van der Waals surface area contributed by atoms with Crippen LogP contribution in [0.3, 0.4) is 0 Å². The Morgan fingerprint density at radius 3 is 2.68 bits per heavy atom. The van der Waals surface area contributed by atoms with Crippen LogP contribution in [0.2, 0.25) is 0 Å². The number of nitrogens with zero attached hydrogens (tertiary/aromatic N) is 1. The SMILES string of the molecule is Nc1ccccc1OCCN(CCCO)C1CCC1. The van der Waals surface area contributed by atoms with E-state index in [1.54, 1.807) is 0 Å². The number of nitrogens with two attached hydrogens (primary N) is 1. The quantitative estimate of drug-likeness (QED) is 0.704. The van der Waals surface area contributed by atoms with Gasteiger partial charge in [-0.15, -0.1) is 0 Å². The number of para-hydroxylation sites is 2. The van der Waals surface area contributed by atoms with Crippen LogP contribution in [0.5, 0.6) is 5.75 Å². The zero-order valence-electron chi connectivity index (χ0n) is 11.4. The average Bonchev–Trinajstić information content (AvgIpc) is 2.35. The van der Waals surface area contributed by atoms with E-state index in [0.29, 0.717) is 18.3 Å². The minimum atomic E-state index is 0.260. The molecule has 0 aromatic heterocycles. The zero-order chi connectivity index (χ0) is 13.5. The van der Waals surface area contributed by atoms with Crippen molar-refractivity contribution in [2.45, 2.75) is 31.7 Å². The summed E-state index contributed by atoms with van der Waals surface area (Å²) in [6.45, 7) is 2.76. The van der Waals surface area contributed by atoms with Crippen molar-refractivity contribution >= 4 is 5.69 Å². The lowest BCUT2D eigenvalue weighted by Crippen LogP contribution is -2.43. The average molecular weight is 264 g/mol. The number of aliphatic hydroxyl groups is 1. The Hall–Kier alpha value is -1.26. The van der Waals surface area contributed by atoms with Gasteiger partial charge in [-0.25, -0.2) is 0 Å². The minimum Gasteiger partial charge on any atom is -0.490 e. The van der Waals surface area contributed by atoms with Crippen LogP contribution in [-0.4, -0.2) is 42.4 Å².